The molecule has 162 valence electrons. The SMILES string of the molecule is Cc1ccc(CNc2nc(N3CCN(c4ccccc4F)CC3)nc3ccccc23)cc1. The molecule has 0 saturated carbocycles. The van der Waals surface area contributed by atoms with E-state index >= 15 is 0 Å². The van der Waals surface area contributed by atoms with Crippen molar-refractivity contribution in [2.45, 2.75) is 13.5 Å². The van der Waals surface area contributed by atoms with E-state index in [1.54, 1.807) is 6.07 Å². The molecule has 6 heteroatoms. The van der Waals surface area contributed by atoms with Crippen LogP contribution in [0.2, 0.25) is 0 Å². The van der Waals surface area contributed by atoms with Crippen molar-refractivity contribution in [2.24, 2.45) is 0 Å². The number of nitrogens with zero attached hydrogens (tertiary/aromatic N) is 4. The molecule has 0 unspecified atom stereocenters. The Morgan fingerprint density at radius 2 is 1.50 bits per heavy atom. The van der Waals surface area contributed by atoms with E-state index < -0.39 is 0 Å². The van der Waals surface area contributed by atoms with Gasteiger partial charge in [0.2, 0.25) is 5.95 Å². The van der Waals surface area contributed by atoms with Crippen LogP contribution in [0.5, 0.6) is 0 Å². The Morgan fingerprint density at radius 1 is 0.812 bits per heavy atom. The molecule has 0 spiro atoms. The van der Waals surface area contributed by atoms with E-state index in [9.17, 15) is 4.39 Å². The maximum absolute atomic E-state index is 14.2. The first kappa shape index (κ1) is 20.2. The van der Waals surface area contributed by atoms with Gasteiger partial charge in [-0.15, -0.1) is 0 Å². The summed E-state index contributed by atoms with van der Waals surface area (Å²) in [5.41, 5.74) is 4.03. The molecule has 0 aliphatic carbocycles. The van der Waals surface area contributed by atoms with Gasteiger partial charge in [-0.3, -0.25) is 0 Å². The number of halogens is 1. The molecule has 4 aromatic rings. The fourth-order valence-electron chi connectivity index (χ4n) is 4.09. The largest absolute Gasteiger partial charge is 0.366 e. The molecule has 0 bridgehead atoms. The summed E-state index contributed by atoms with van der Waals surface area (Å²) in [6.45, 7) is 5.72. The summed E-state index contributed by atoms with van der Waals surface area (Å²) < 4.78 is 14.2. The Balaban J connectivity index is 1.36. The van der Waals surface area contributed by atoms with Crippen molar-refractivity contribution in [1.82, 2.24) is 9.97 Å². The summed E-state index contributed by atoms with van der Waals surface area (Å²) in [5, 5.41) is 4.51. The fraction of sp³-hybridized carbons (Fsp3) is 0.231. The lowest BCUT2D eigenvalue weighted by Crippen LogP contribution is -2.47. The van der Waals surface area contributed by atoms with Crippen LogP contribution in [0.15, 0.2) is 72.8 Å². The highest BCUT2D eigenvalue weighted by Gasteiger charge is 2.22. The second-order valence-corrected chi connectivity index (χ2v) is 8.15. The standard InChI is InChI=1S/C26H26FN5/c1-19-10-12-20(13-11-19)18-28-25-21-6-2-4-8-23(21)29-26(30-25)32-16-14-31(15-17-32)24-9-5-3-7-22(24)27/h2-13H,14-18H2,1H3,(H,28,29,30). The fourth-order valence-corrected chi connectivity index (χ4v) is 4.09. The molecule has 0 radical (unpaired) electrons. The van der Waals surface area contributed by atoms with Gasteiger partial charge in [0.15, 0.2) is 0 Å². The number of benzene rings is 3. The highest BCUT2D eigenvalue weighted by Crippen LogP contribution is 2.26. The van der Waals surface area contributed by atoms with Crippen LogP contribution < -0.4 is 15.1 Å². The zero-order chi connectivity index (χ0) is 21.9. The monoisotopic (exact) mass is 427 g/mol. The molecule has 3 aromatic carbocycles. The van der Waals surface area contributed by atoms with Crippen LogP contribution >= 0.6 is 0 Å². The summed E-state index contributed by atoms with van der Waals surface area (Å²) in [7, 11) is 0. The number of para-hydroxylation sites is 2. The van der Waals surface area contributed by atoms with Crippen LogP contribution in [0.25, 0.3) is 10.9 Å². The van der Waals surface area contributed by atoms with E-state index in [2.05, 4.69) is 46.3 Å². The molecule has 1 fully saturated rings. The third kappa shape index (κ3) is 4.21. The van der Waals surface area contributed by atoms with Crippen molar-refractivity contribution >= 4 is 28.4 Å². The second-order valence-electron chi connectivity index (χ2n) is 8.15. The summed E-state index contributed by atoms with van der Waals surface area (Å²) in [4.78, 5) is 14.0. The smallest absolute Gasteiger partial charge is 0.228 e. The molecule has 1 aliphatic rings. The normalized spacial score (nSPS) is 14.1. The van der Waals surface area contributed by atoms with Crippen LogP contribution in [-0.2, 0) is 6.54 Å². The molecule has 5 rings (SSSR count). The molecule has 5 nitrogen and oxygen atoms in total. The van der Waals surface area contributed by atoms with Gasteiger partial charge in [-0.05, 0) is 36.8 Å². The highest BCUT2D eigenvalue weighted by atomic mass is 19.1. The Morgan fingerprint density at radius 3 is 2.28 bits per heavy atom. The Labute approximate surface area is 187 Å². The molecule has 1 saturated heterocycles. The molecule has 1 aromatic heterocycles. The van der Waals surface area contributed by atoms with Crippen LogP contribution in [0.4, 0.5) is 21.8 Å². The van der Waals surface area contributed by atoms with E-state index in [1.807, 2.05) is 36.4 Å². The van der Waals surface area contributed by atoms with E-state index in [0.717, 1.165) is 42.9 Å². The topological polar surface area (TPSA) is 44.3 Å². The van der Waals surface area contributed by atoms with Crippen LogP contribution in [-0.4, -0.2) is 36.1 Å². The highest BCUT2D eigenvalue weighted by molar-refractivity contribution is 5.90. The van der Waals surface area contributed by atoms with Crippen molar-refractivity contribution in [3.8, 4) is 0 Å². The van der Waals surface area contributed by atoms with Gasteiger partial charge in [-0.1, -0.05) is 54.1 Å². The predicted octanol–water partition coefficient (Wildman–Crippen LogP) is 5.02. The van der Waals surface area contributed by atoms with Crippen molar-refractivity contribution < 1.29 is 4.39 Å². The Hall–Kier alpha value is -3.67. The number of aryl methyl sites for hydroxylation is 1. The van der Waals surface area contributed by atoms with Gasteiger partial charge in [0, 0.05) is 38.1 Å². The number of anilines is 3. The van der Waals surface area contributed by atoms with Gasteiger partial charge in [0.05, 0.1) is 11.2 Å². The molecule has 2 heterocycles. The molecular formula is C26H26FN5. The summed E-state index contributed by atoms with van der Waals surface area (Å²) in [6.07, 6.45) is 0. The minimum Gasteiger partial charge on any atom is -0.366 e. The molecule has 0 amide bonds. The first-order valence-electron chi connectivity index (χ1n) is 11.0. The molecule has 0 atom stereocenters. The summed E-state index contributed by atoms with van der Waals surface area (Å²) >= 11 is 0. The van der Waals surface area contributed by atoms with Gasteiger partial charge >= 0.3 is 0 Å². The number of hydrogen-bond donors (Lipinski definition) is 1. The predicted molar refractivity (Wildman–Crippen MR) is 129 cm³/mol. The van der Waals surface area contributed by atoms with Gasteiger partial charge < -0.3 is 15.1 Å². The lowest BCUT2D eigenvalue weighted by atomic mass is 10.1. The van der Waals surface area contributed by atoms with Crippen LogP contribution in [0.3, 0.4) is 0 Å². The van der Waals surface area contributed by atoms with E-state index in [1.165, 1.54) is 17.2 Å². The molecular weight excluding hydrogens is 401 g/mol. The first-order chi connectivity index (χ1) is 15.7. The van der Waals surface area contributed by atoms with E-state index in [0.29, 0.717) is 18.2 Å². The lowest BCUT2D eigenvalue weighted by molar-refractivity contribution is 0.594. The van der Waals surface area contributed by atoms with Crippen molar-refractivity contribution in [2.75, 3.05) is 41.3 Å². The molecule has 1 N–H and O–H groups in total. The van der Waals surface area contributed by atoms with E-state index in [-0.39, 0.29) is 5.82 Å². The number of piperazine rings is 1. The van der Waals surface area contributed by atoms with E-state index in [4.69, 9.17) is 9.97 Å². The Kier molecular flexibility index (Phi) is 5.58. The van der Waals surface area contributed by atoms with Crippen molar-refractivity contribution in [3.63, 3.8) is 0 Å². The van der Waals surface area contributed by atoms with Crippen molar-refractivity contribution in [1.29, 1.82) is 0 Å². The van der Waals surface area contributed by atoms with Crippen molar-refractivity contribution in [3.05, 3.63) is 89.7 Å². The van der Waals surface area contributed by atoms with Gasteiger partial charge in [0.1, 0.15) is 11.6 Å². The third-order valence-corrected chi connectivity index (χ3v) is 5.93. The summed E-state index contributed by atoms with van der Waals surface area (Å²) in [5.74, 6) is 1.37. The average Bonchev–Trinajstić information content (AvgIpc) is 2.84. The number of fused-ring (bicyclic) bond motifs is 1. The van der Waals surface area contributed by atoms with Crippen LogP contribution in [0, 0.1) is 12.7 Å². The first-order valence-corrected chi connectivity index (χ1v) is 11.0. The van der Waals surface area contributed by atoms with Gasteiger partial charge in [0.25, 0.3) is 0 Å². The maximum atomic E-state index is 14.2. The minimum atomic E-state index is -0.175. The number of nitrogens with one attached hydrogen (secondary N) is 1. The zero-order valence-corrected chi connectivity index (χ0v) is 18.1. The molecule has 32 heavy (non-hydrogen) atoms. The number of hydrogen-bond acceptors (Lipinski definition) is 5. The quantitative estimate of drug-likeness (QED) is 0.485. The average molecular weight is 428 g/mol. The Bertz CT molecular complexity index is 1220. The zero-order valence-electron chi connectivity index (χ0n) is 18.1. The number of rotatable bonds is 5. The summed E-state index contributed by atoms with van der Waals surface area (Å²) in [6, 6.07) is 23.5. The maximum Gasteiger partial charge on any atom is 0.228 e. The molecule has 1 aliphatic heterocycles. The van der Waals surface area contributed by atoms with Gasteiger partial charge in [-0.2, -0.15) is 4.98 Å². The van der Waals surface area contributed by atoms with Crippen LogP contribution in [0.1, 0.15) is 11.1 Å². The second kappa shape index (κ2) is 8.83. The number of aromatic nitrogens is 2. The third-order valence-electron chi connectivity index (χ3n) is 5.93. The minimum absolute atomic E-state index is 0.175. The van der Waals surface area contributed by atoms with Gasteiger partial charge in [-0.25, -0.2) is 9.37 Å². The lowest BCUT2D eigenvalue weighted by Gasteiger charge is -2.36.